The van der Waals surface area contributed by atoms with E-state index >= 15 is 0 Å². The Hall–Kier alpha value is -1.69. The number of rotatable bonds is 3. The molecule has 0 radical (unpaired) electrons. The number of halogens is 6. The molecule has 2 aromatic rings. The molecule has 1 amide bonds. The molecular weight excluding hydrogens is 386 g/mol. The molecule has 0 unspecified atom stereocenters. The molecule has 0 aliphatic carbocycles. The summed E-state index contributed by atoms with van der Waals surface area (Å²) < 4.78 is 38.1. The average molecular weight is 395 g/mol. The topological polar surface area (TPSA) is 29.1 Å². The number of carbonyl (C=O) groups excluding carboxylic acids is 1. The molecule has 126 valence electrons. The lowest BCUT2D eigenvalue weighted by atomic mass is 10.1. The summed E-state index contributed by atoms with van der Waals surface area (Å²) in [7, 11) is 0. The van der Waals surface area contributed by atoms with Gasteiger partial charge < -0.3 is 5.32 Å². The predicted molar refractivity (Wildman–Crippen MR) is 90.6 cm³/mol. The van der Waals surface area contributed by atoms with Gasteiger partial charge in [0.15, 0.2) is 0 Å². The molecule has 0 atom stereocenters. The molecule has 0 heterocycles. The minimum Gasteiger partial charge on any atom is -0.321 e. The van der Waals surface area contributed by atoms with Gasteiger partial charge in [-0.25, -0.2) is 0 Å². The maximum absolute atomic E-state index is 12.7. The summed E-state index contributed by atoms with van der Waals surface area (Å²) in [4.78, 5) is 11.9. The highest BCUT2D eigenvalue weighted by Gasteiger charge is 2.30. The van der Waals surface area contributed by atoms with Gasteiger partial charge in [-0.05, 0) is 48.0 Å². The molecule has 1 N–H and O–H groups in total. The summed E-state index contributed by atoms with van der Waals surface area (Å²) >= 11 is 17.5. The number of anilines is 1. The van der Waals surface area contributed by atoms with Gasteiger partial charge in [0.1, 0.15) is 0 Å². The van der Waals surface area contributed by atoms with Crippen LogP contribution >= 0.6 is 34.8 Å². The molecule has 8 heteroatoms. The van der Waals surface area contributed by atoms with E-state index in [9.17, 15) is 18.0 Å². The van der Waals surface area contributed by atoms with Crippen LogP contribution in [0, 0.1) is 0 Å². The van der Waals surface area contributed by atoms with E-state index in [1.165, 1.54) is 24.3 Å². The summed E-state index contributed by atoms with van der Waals surface area (Å²) in [5, 5.41) is 3.23. The van der Waals surface area contributed by atoms with Crippen LogP contribution in [0.4, 0.5) is 18.9 Å². The zero-order valence-corrected chi connectivity index (χ0v) is 14.1. The number of carbonyl (C=O) groups is 1. The van der Waals surface area contributed by atoms with Gasteiger partial charge in [0.05, 0.1) is 16.3 Å². The molecule has 0 spiro atoms. The van der Waals surface area contributed by atoms with Crippen LogP contribution in [0.15, 0.2) is 42.5 Å². The van der Waals surface area contributed by atoms with Crippen molar-refractivity contribution in [3.8, 4) is 0 Å². The van der Waals surface area contributed by atoms with Crippen LogP contribution in [0.1, 0.15) is 11.1 Å². The van der Waals surface area contributed by atoms with Crippen LogP contribution in [0.25, 0.3) is 6.08 Å². The molecule has 0 saturated carbocycles. The zero-order valence-electron chi connectivity index (χ0n) is 11.8. The van der Waals surface area contributed by atoms with Crippen molar-refractivity contribution in [1.82, 2.24) is 0 Å². The Balaban J connectivity index is 2.17. The second-order valence-electron chi connectivity index (χ2n) is 4.68. The fourth-order valence-electron chi connectivity index (χ4n) is 1.78. The summed E-state index contributed by atoms with van der Waals surface area (Å²) in [6.45, 7) is 0. The summed E-state index contributed by atoms with van der Waals surface area (Å²) in [6, 6.07) is 7.35. The molecule has 0 aliphatic rings. The normalized spacial score (nSPS) is 11.8. The van der Waals surface area contributed by atoms with Gasteiger partial charge >= 0.3 is 6.18 Å². The third kappa shape index (κ3) is 4.90. The van der Waals surface area contributed by atoms with E-state index in [0.29, 0.717) is 10.7 Å². The van der Waals surface area contributed by atoms with E-state index in [4.69, 9.17) is 34.8 Å². The predicted octanol–water partition coefficient (Wildman–Crippen LogP) is 6.32. The molecule has 0 saturated heterocycles. The summed E-state index contributed by atoms with van der Waals surface area (Å²) in [5.74, 6) is -0.576. The number of hydrogen-bond donors (Lipinski definition) is 1. The Morgan fingerprint density at radius 3 is 2.33 bits per heavy atom. The van der Waals surface area contributed by atoms with Crippen molar-refractivity contribution in [2.45, 2.75) is 6.18 Å². The van der Waals surface area contributed by atoms with Gasteiger partial charge in [0, 0.05) is 16.1 Å². The van der Waals surface area contributed by atoms with Crippen LogP contribution < -0.4 is 5.32 Å². The van der Waals surface area contributed by atoms with Crippen LogP contribution in [-0.4, -0.2) is 5.91 Å². The van der Waals surface area contributed by atoms with Crippen LogP contribution in [-0.2, 0) is 11.0 Å². The summed E-state index contributed by atoms with van der Waals surface area (Å²) in [5.41, 5.74) is -0.456. The number of nitrogens with one attached hydrogen (secondary N) is 1. The van der Waals surface area contributed by atoms with E-state index in [1.807, 2.05) is 0 Å². The Kier molecular flexibility index (Phi) is 5.80. The quantitative estimate of drug-likeness (QED) is 0.607. The van der Waals surface area contributed by atoms with Crippen molar-refractivity contribution in [2.75, 3.05) is 5.32 Å². The standard InChI is InChI=1S/C16H9Cl3F3NO/c17-11-3-5-14(13(19)8-11)23-15(24)6-1-9-7-10(16(20,21)22)2-4-12(9)18/h1-8H,(H,23,24)/b6-1+. The molecule has 0 aliphatic heterocycles. The highest BCUT2D eigenvalue weighted by Crippen LogP contribution is 2.32. The highest BCUT2D eigenvalue weighted by molar-refractivity contribution is 6.36. The number of benzene rings is 2. The SMILES string of the molecule is O=C(/C=C/c1cc(C(F)(F)F)ccc1Cl)Nc1ccc(Cl)cc1Cl. The molecule has 0 fully saturated rings. The van der Waals surface area contributed by atoms with E-state index in [1.54, 1.807) is 0 Å². The van der Waals surface area contributed by atoms with Gasteiger partial charge in [-0.15, -0.1) is 0 Å². The minimum atomic E-state index is -4.49. The van der Waals surface area contributed by atoms with E-state index in [-0.39, 0.29) is 15.6 Å². The Morgan fingerprint density at radius 2 is 1.71 bits per heavy atom. The van der Waals surface area contributed by atoms with E-state index in [0.717, 1.165) is 24.3 Å². The van der Waals surface area contributed by atoms with Crippen LogP contribution in [0.2, 0.25) is 15.1 Å². The second-order valence-corrected chi connectivity index (χ2v) is 5.93. The fraction of sp³-hybridized carbons (Fsp3) is 0.0625. The number of hydrogen-bond acceptors (Lipinski definition) is 1. The zero-order chi connectivity index (χ0) is 17.9. The first kappa shape index (κ1) is 18.6. The molecule has 2 aromatic carbocycles. The van der Waals surface area contributed by atoms with Crippen molar-refractivity contribution in [1.29, 1.82) is 0 Å². The maximum atomic E-state index is 12.7. The van der Waals surface area contributed by atoms with Crippen molar-refractivity contribution >= 4 is 52.5 Å². The molecular formula is C16H9Cl3F3NO. The first-order chi connectivity index (χ1) is 11.2. The maximum Gasteiger partial charge on any atom is 0.416 e. The van der Waals surface area contributed by atoms with E-state index < -0.39 is 17.6 Å². The van der Waals surface area contributed by atoms with Crippen molar-refractivity contribution < 1.29 is 18.0 Å². The van der Waals surface area contributed by atoms with Crippen LogP contribution in [0.3, 0.4) is 0 Å². The van der Waals surface area contributed by atoms with Crippen molar-refractivity contribution in [3.05, 3.63) is 68.7 Å². The van der Waals surface area contributed by atoms with Gasteiger partial charge in [-0.2, -0.15) is 13.2 Å². The Morgan fingerprint density at radius 1 is 1.00 bits per heavy atom. The Bertz CT molecular complexity index is 804. The van der Waals surface area contributed by atoms with Gasteiger partial charge in [-0.3, -0.25) is 4.79 Å². The van der Waals surface area contributed by atoms with Gasteiger partial charge in [0.25, 0.3) is 0 Å². The largest absolute Gasteiger partial charge is 0.416 e. The smallest absolute Gasteiger partial charge is 0.321 e. The number of amides is 1. The molecule has 24 heavy (non-hydrogen) atoms. The first-order valence-corrected chi connectivity index (χ1v) is 7.61. The second kappa shape index (κ2) is 7.47. The number of alkyl halides is 3. The average Bonchev–Trinajstić information content (AvgIpc) is 2.48. The fourth-order valence-corrected chi connectivity index (χ4v) is 2.41. The van der Waals surface area contributed by atoms with Gasteiger partial charge in [0.2, 0.25) is 5.91 Å². The van der Waals surface area contributed by atoms with Crippen LogP contribution in [0.5, 0.6) is 0 Å². The molecule has 0 bridgehead atoms. The summed E-state index contributed by atoms with van der Waals surface area (Å²) in [6.07, 6.45) is -2.24. The van der Waals surface area contributed by atoms with Crippen molar-refractivity contribution in [3.63, 3.8) is 0 Å². The third-order valence-corrected chi connectivity index (χ3v) is 3.82. The Labute approximate surface area is 150 Å². The minimum absolute atomic E-state index is 0.0730. The highest BCUT2D eigenvalue weighted by atomic mass is 35.5. The lowest BCUT2D eigenvalue weighted by molar-refractivity contribution is -0.137. The van der Waals surface area contributed by atoms with Gasteiger partial charge in [-0.1, -0.05) is 34.8 Å². The molecule has 2 rings (SSSR count). The van der Waals surface area contributed by atoms with E-state index in [2.05, 4.69) is 5.32 Å². The third-order valence-electron chi connectivity index (χ3n) is 2.93. The van der Waals surface area contributed by atoms with Crippen molar-refractivity contribution in [2.24, 2.45) is 0 Å². The lowest BCUT2D eigenvalue weighted by Gasteiger charge is -2.08. The monoisotopic (exact) mass is 393 g/mol. The lowest BCUT2D eigenvalue weighted by Crippen LogP contribution is -2.08. The molecule has 2 nitrogen and oxygen atoms in total. The molecule has 0 aromatic heterocycles. The first-order valence-electron chi connectivity index (χ1n) is 6.47.